The Morgan fingerprint density at radius 2 is 1.85 bits per heavy atom. The molecule has 2 rings (SSSR count). The van der Waals surface area contributed by atoms with Crippen LogP contribution in [0.4, 0.5) is 0 Å². The lowest BCUT2D eigenvalue weighted by Crippen LogP contribution is -2.44. The molecule has 0 spiro atoms. The van der Waals surface area contributed by atoms with E-state index in [0.29, 0.717) is 18.5 Å². The number of hydroxylamine groups is 1. The van der Waals surface area contributed by atoms with Gasteiger partial charge in [0.2, 0.25) is 5.91 Å². The molecule has 7 nitrogen and oxygen atoms in total. The van der Waals surface area contributed by atoms with Crippen molar-refractivity contribution < 1.29 is 14.4 Å². The minimum absolute atomic E-state index is 0.231. The summed E-state index contributed by atoms with van der Waals surface area (Å²) in [6, 6.07) is 13.5. The third-order valence-electron chi connectivity index (χ3n) is 3.96. The Kier molecular flexibility index (Phi) is 8.95. The highest BCUT2D eigenvalue weighted by Gasteiger charge is 2.20. The topological polar surface area (TPSA) is 92.4 Å². The summed E-state index contributed by atoms with van der Waals surface area (Å²) < 4.78 is 0. The van der Waals surface area contributed by atoms with E-state index in [1.54, 1.807) is 30.5 Å². The van der Waals surface area contributed by atoms with Gasteiger partial charge < -0.3 is 15.5 Å². The molecule has 1 heterocycles. The summed E-state index contributed by atoms with van der Waals surface area (Å²) in [5.74, 6) is -0.751. The van der Waals surface area contributed by atoms with Crippen LogP contribution < -0.4 is 16.1 Å². The van der Waals surface area contributed by atoms with Crippen molar-refractivity contribution >= 4 is 11.9 Å². The van der Waals surface area contributed by atoms with Gasteiger partial charge in [-0.15, -0.1) is 5.48 Å². The molecule has 144 valence electrons. The van der Waals surface area contributed by atoms with E-state index >= 15 is 0 Å². The number of hydrogen-bond acceptors (Lipinski definition) is 6. The van der Waals surface area contributed by atoms with Gasteiger partial charge in [0, 0.05) is 6.20 Å². The largest absolute Gasteiger partial charge is 0.366 e. The van der Waals surface area contributed by atoms with Crippen molar-refractivity contribution in [3.8, 4) is 0 Å². The molecule has 0 aliphatic carbocycles. The van der Waals surface area contributed by atoms with Gasteiger partial charge in [0.05, 0.1) is 17.8 Å². The lowest BCUT2D eigenvalue weighted by molar-refractivity contribution is -0.126. The van der Waals surface area contributed by atoms with Crippen molar-refractivity contribution in [3.05, 3.63) is 66.0 Å². The lowest BCUT2D eigenvalue weighted by Gasteiger charge is -2.18. The number of nitrogens with one attached hydrogen (secondary N) is 3. The smallest absolute Gasteiger partial charge is 0.356 e. The Bertz CT molecular complexity index is 695. The number of rotatable bonds is 11. The Morgan fingerprint density at radius 3 is 2.56 bits per heavy atom. The Labute approximate surface area is 159 Å². The van der Waals surface area contributed by atoms with Crippen molar-refractivity contribution in [2.75, 3.05) is 13.6 Å². The molecule has 0 saturated heterocycles. The molecular formula is C20H26N4O3. The zero-order valence-electron chi connectivity index (χ0n) is 15.5. The fourth-order valence-corrected chi connectivity index (χ4v) is 2.46. The van der Waals surface area contributed by atoms with Gasteiger partial charge in [0.15, 0.2) is 0 Å². The number of nitrogens with zero attached hydrogens (tertiary/aromatic N) is 1. The van der Waals surface area contributed by atoms with E-state index in [-0.39, 0.29) is 5.91 Å². The standard InChI is InChI=1S/C20H26N4O3/c1-21-13-7-6-12-18(19(25)23-15-17-11-5-8-14-22-17)24-27-20(26)16-9-3-2-4-10-16/h2-5,8-11,14,18,21,24H,6-7,12-13,15H2,1H3,(H,23,25)/t18-/m0/s1. The lowest BCUT2D eigenvalue weighted by atomic mass is 10.1. The van der Waals surface area contributed by atoms with E-state index in [0.717, 1.165) is 25.1 Å². The fourth-order valence-electron chi connectivity index (χ4n) is 2.46. The first-order chi connectivity index (χ1) is 13.2. The van der Waals surface area contributed by atoms with Crippen LogP contribution in [0.1, 0.15) is 35.3 Å². The summed E-state index contributed by atoms with van der Waals surface area (Å²) in [7, 11) is 1.89. The van der Waals surface area contributed by atoms with Crippen LogP contribution in [0.15, 0.2) is 54.7 Å². The van der Waals surface area contributed by atoms with Crippen LogP contribution in [0.5, 0.6) is 0 Å². The number of pyridine rings is 1. The third-order valence-corrected chi connectivity index (χ3v) is 3.96. The first-order valence-corrected chi connectivity index (χ1v) is 9.04. The average Bonchev–Trinajstić information content (AvgIpc) is 2.72. The highest BCUT2D eigenvalue weighted by molar-refractivity contribution is 5.89. The first kappa shape index (κ1) is 20.5. The molecule has 0 aliphatic heterocycles. The highest BCUT2D eigenvalue weighted by Crippen LogP contribution is 2.05. The summed E-state index contributed by atoms with van der Waals surface area (Å²) in [6.07, 6.45) is 3.97. The van der Waals surface area contributed by atoms with Gasteiger partial charge in [-0.2, -0.15) is 0 Å². The minimum Gasteiger partial charge on any atom is -0.366 e. The zero-order chi connectivity index (χ0) is 19.3. The van der Waals surface area contributed by atoms with Crippen LogP contribution in [-0.2, 0) is 16.2 Å². The summed E-state index contributed by atoms with van der Waals surface area (Å²) in [6.45, 7) is 1.19. The van der Waals surface area contributed by atoms with Gasteiger partial charge in [0.1, 0.15) is 6.04 Å². The van der Waals surface area contributed by atoms with Crippen LogP contribution in [0.25, 0.3) is 0 Å². The molecule has 0 fully saturated rings. The molecule has 0 bridgehead atoms. The minimum atomic E-state index is -0.627. The Hall–Kier alpha value is -2.77. The molecule has 27 heavy (non-hydrogen) atoms. The summed E-state index contributed by atoms with van der Waals surface area (Å²) in [5.41, 5.74) is 3.82. The van der Waals surface area contributed by atoms with E-state index in [4.69, 9.17) is 4.84 Å². The molecule has 2 aromatic rings. The summed E-state index contributed by atoms with van der Waals surface area (Å²) in [4.78, 5) is 33.9. The third kappa shape index (κ3) is 7.55. The number of hydrogen-bond donors (Lipinski definition) is 3. The molecule has 1 atom stereocenters. The maximum atomic E-state index is 12.5. The average molecular weight is 370 g/mol. The second-order valence-electron chi connectivity index (χ2n) is 6.06. The van der Waals surface area contributed by atoms with E-state index < -0.39 is 12.0 Å². The van der Waals surface area contributed by atoms with Crippen LogP contribution in [0.3, 0.4) is 0 Å². The highest BCUT2D eigenvalue weighted by atomic mass is 16.7. The van der Waals surface area contributed by atoms with E-state index in [9.17, 15) is 9.59 Å². The molecule has 1 aromatic carbocycles. The van der Waals surface area contributed by atoms with Gasteiger partial charge in [-0.25, -0.2) is 4.79 Å². The van der Waals surface area contributed by atoms with Gasteiger partial charge in [0.25, 0.3) is 0 Å². The molecule has 3 N–H and O–H groups in total. The summed E-state index contributed by atoms with van der Waals surface area (Å²) in [5, 5.41) is 5.91. The molecule has 1 aromatic heterocycles. The number of carbonyl (C=O) groups excluding carboxylic acids is 2. The van der Waals surface area contributed by atoms with Crippen molar-refractivity contribution in [2.24, 2.45) is 0 Å². The van der Waals surface area contributed by atoms with Gasteiger partial charge in [-0.3, -0.25) is 9.78 Å². The number of amides is 1. The van der Waals surface area contributed by atoms with Crippen molar-refractivity contribution in [1.82, 2.24) is 21.1 Å². The number of unbranched alkanes of at least 4 members (excludes halogenated alkanes) is 1. The fraction of sp³-hybridized carbons (Fsp3) is 0.350. The number of benzene rings is 1. The van der Waals surface area contributed by atoms with Crippen LogP contribution in [0.2, 0.25) is 0 Å². The maximum Gasteiger partial charge on any atom is 0.356 e. The van der Waals surface area contributed by atoms with E-state index in [1.807, 2.05) is 31.3 Å². The first-order valence-electron chi connectivity index (χ1n) is 9.04. The van der Waals surface area contributed by atoms with Gasteiger partial charge in [-0.05, 0) is 57.1 Å². The Morgan fingerprint density at radius 1 is 1.07 bits per heavy atom. The van der Waals surface area contributed by atoms with Crippen molar-refractivity contribution in [1.29, 1.82) is 0 Å². The van der Waals surface area contributed by atoms with E-state index in [2.05, 4.69) is 21.1 Å². The quantitative estimate of drug-likeness (QED) is 0.413. The molecule has 0 unspecified atom stereocenters. The molecule has 1 amide bonds. The van der Waals surface area contributed by atoms with Crippen molar-refractivity contribution in [3.63, 3.8) is 0 Å². The van der Waals surface area contributed by atoms with Gasteiger partial charge in [-0.1, -0.05) is 24.3 Å². The van der Waals surface area contributed by atoms with Gasteiger partial charge >= 0.3 is 5.97 Å². The predicted octanol–water partition coefficient (Wildman–Crippen LogP) is 1.82. The second kappa shape index (κ2) is 11.8. The van der Waals surface area contributed by atoms with Crippen molar-refractivity contribution in [2.45, 2.75) is 31.8 Å². The second-order valence-corrected chi connectivity index (χ2v) is 6.06. The molecule has 0 aliphatic rings. The molecule has 7 heteroatoms. The SMILES string of the molecule is CNCCCC[C@H](NOC(=O)c1ccccc1)C(=O)NCc1ccccn1. The zero-order valence-corrected chi connectivity index (χ0v) is 15.5. The van der Waals surface area contributed by atoms with Crippen LogP contribution in [0, 0.1) is 0 Å². The maximum absolute atomic E-state index is 12.5. The molecular weight excluding hydrogens is 344 g/mol. The Balaban J connectivity index is 1.88. The molecule has 0 saturated carbocycles. The number of aromatic nitrogens is 1. The molecule has 0 radical (unpaired) electrons. The number of carbonyl (C=O) groups is 2. The predicted molar refractivity (Wildman–Crippen MR) is 103 cm³/mol. The monoisotopic (exact) mass is 370 g/mol. The van der Waals surface area contributed by atoms with Crippen LogP contribution >= 0.6 is 0 Å². The van der Waals surface area contributed by atoms with Crippen LogP contribution in [-0.4, -0.2) is 36.5 Å². The normalized spacial score (nSPS) is 11.6. The van der Waals surface area contributed by atoms with E-state index in [1.165, 1.54) is 0 Å². The summed E-state index contributed by atoms with van der Waals surface area (Å²) >= 11 is 0.